The molecule has 0 spiro atoms. The number of ether oxygens (including phenoxy) is 1. The first-order chi connectivity index (χ1) is 23.0. The lowest BCUT2D eigenvalue weighted by atomic mass is 10.0. The van der Waals surface area contributed by atoms with Crippen LogP contribution in [-0.2, 0) is 20.2 Å². The summed E-state index contributed by atoms with van der Waals surface area (Å²) >= 11 is 0. The summed E-state index contributed by atoms with van der Waals surface area (Å²) in [6.07, 6.45) is 0. The van der Waals surface area contributed by atoms with Gasteiger partial charge in [-0.1, -0.05) is 60.7 Å². The lowest BCUT2D eigenvalue weighted by molar-refractivity contribution is 0.416. The summed E-state index contributed by atoms with van der Waals surface area (Å²) in [5.74, 6) is 0.393. The number of fused-ring (bicyclic) bond motifs is 4. The molecule has 0 saturated heterocycles. The quantitative estimate of drug-likeness (QED) is 0.0940. The lowest BCUT2D eigenvalue weighted by Gasteiger charge is -2.22. The summed E-state index contributed by atoms with van der Waals surface area (Å²) in [6, 6.07) is 34.1. The van der Waals surface area contributed by atoms with E-state index in [2.05, 4.69) is 10.3 Å². The Kier molecular flexibility index (Phi) is 7.68. The number of methoxy groups -OCH3 is 1. The molecule has 0 radical (unpaired) electrons. The highest BCUT2D eigenvalue weighted by Crippen LogP contribution is 2.40. The number of aromatic nitrogens is 2. The molecule has 3 N–H and O–H groups in total. The van der Waals surface area contributed by atoms with Gasteiger partial charge in [0.05, 0.1) is 40.6 Å². The Morgan fingerprint density at radius 2 is 1.42 bits per heavy atom. The van der Waals surface area contributed by atoms with Crippen LogP contribution < -0.4 is 15.4 Å². The first kappa shape index (κ1) is 31.0. The topological polar surface area (TPSA) is 160 Å². The summed E-state index contributed by atoms with van der Waals surface area (Å²) in [5.41, 5.74) is 3.48. The van der Waals surface area contributed by atoms with E-state index in [1.165, 1.54) is 31.4 Å². The van der Waals surface area contributed by atoms with Crippen molar-refractivity contribution in [2.75, 3.05) is 12.4 Å². The highest BCUT2D eigenvalue weighted by molar-refractivity contribution is 7.86. The van der Waals surface area contributed by atoms with Gasteiger partial charge in [0.2, 0.25) is 0 Å². The third kappa shape index (κ3) is 5.65. The molecule has 48 heavy (non-hydrogen) atoms. The van der Waals surface area contributed by atoms with Crippen LogP contribution in [0.4, 0.5) is 17.1 Å². The van der Waals surface area contributed by atoms with E-state index in [4.69, 9.17) is 9.72 Å². The van der Waals surface area contributed by atoms with Crippen LogP contribution in [0.1, 0.15) is 0 Å². The molecule has 0 amide bonds. The molecule has 0 unspecified atom stereocenters. The number of benzene rings is 6. The predicted molar refractivity (Wildman–Crippen MR) is 183 cm³/mol. The van der Waals surface area contributed by atoms with Gasteiger partial charge in [-0.2, -0.15) is 16.8 Å². The van der Waals surface area contributed by atoms with E-state index in [0.717, 1.165) is 0 Å². The van der Waals surface area contributed by atoms with Crippen molar-refractivity contribution in [2.24, 2.45) is 4.99 Å². The standard InChI is InChI=1S/C35H26N4O7S2/c1-46-31-17-9-8-16-25(31)37-27-19-29-26(21-33(27)48(43,44)45)38-35-24-15-10-18-32(47(40,41)42)34(24)28(36-22-11-4-2-5-12-22)20-30(35)39(29)23-13-6-3-7-14-23/h2-21,36H,1H3,(H,40,41,42)(H,43,44,45). The Morgan fingerprint density at radius 3 is 2.10 bits per heavy atom. The van der Waals surface area contributed by atoms with E-state index in [9.17, 15) is 25.9 Å². The maximum absolute atomic E-state index is 12.8. The molecule has 1 aliphatic heterocycles. The molecular formula is C35H26N4O7S2. The molecule has 0 fully saturated rings. The summed E-state index contributed by atoms with van der Waals surface area (Å²) in [6.45, 7) is 0. The van der Waals surface area contributed by atoms with Gasteiger partial charge < -0.3 is 14.6 Å². The van der Waals surface area contributed by atoms with Crippen molar-refractivity contribution in [3.05, 3.63) is 127 Å². The van der Waals surface area contributed by atoms with Gasteiger partial charge in [0, 0.05) is 22.1 Å². The van der Waals surface area contributed by atoms with Crippen molar-refractivity contribution in [3.8, 4) is 22.8 Å². The van der Waals surface area contributed by atoms with Crippen LogP contribution in [0.5, 0.6) is 5.75 Å². The molecule has 0 bridgehead atoms. The van der Waals surface area contributed by atoms with Crippen molar-refractivity contribution in [2.45, 2.75) is 9.79 Å². The second-order valence-electron chi connectivity index (χ2n) is 10.8. The van der Waals surface area contributed by atoms with Crippen molar-refractivity contribution in [3.63, 3.8) is 0 Å². The highest BCUT2D eigenvalue weighted by Gasteiger charge is 2.25. The largest absolute Gasteiger partial charge is 0.494 e. The zero-order valence-corrected chi connectivity index (χ0v) is 26.8. The molecule has 5 aromatic carbocycles. The van der Waals surface area contributed by atoms with Gasteiger partial charge in [-0.05, 0) is 60.7 Å². The Balaban J connectivity index is 1.69. The maximum Gasteiger partial charge on any atom is 0.296 e. The van der Waals surface area contributed by atoms with Crippen LogP contribution >= 0.6 is 0 Å². The number of rotatable bonds is 7. The molecule has 0 aromatic heterocycles. The number of para-hydroxylation sites is 4. The van der Waals surface area contributed by atoms with Gasteiger partial charge in [-0.3, -0.25) is 9.11 Å². The van der Waals surface area contributed by atoms with Crippen LogP contribution in [-0.4, -0.2) is 42.6 Å². The molecule has 1 aliphatic carbocycles. The highest BCUT2D eigenvalue weighted by atomic mass is 32.2. The van der Waals surface area contributed by atoms with E-state index in [-0.39, 0.29) is 21.3 Å². The second kappa shape index (κ2) is 11.9. The van der Waals surface area contributed by atoms with Gasteiger partial charge in [0.15, 0.2) is 0 Å². The number of hydrogen-bond donors (Lipinski definition) is 3. The first-order valence-electron chi connectivity index (χ1n) is 14.5. The normalized spacial score (nSPS) is 12.5. The molecule has 0 saturated carbocycles. The first-order valence-corrected chi connectivity index (χ1v) is 17.4. The van der Waals surface area contributed by atoms with E-state index in [1.54, 1.807) is 36.4 Å². The van der Waals surface area contributed by atoms with E-state index >= 15 is 0 Å². The van der Waals surface area contributed by atoms with Crippen LogP contribution in [0.15, 0.2) is 136 Å². The minimum atomic E-state index is -4.81. The number of hydrogen-bond acceptors (Lipinski definition) is 8. The molecule has 13 heteroatoms. The van der Waals surface area contributed by atoms with Gasteiger partial charge in [-0.25, -0.2) is 9.98 Å². The third-order valence-corrected chi connectivity index (χ3v) is 9.57. The van der Waals surface area contributed by atoms with Crippen molar-refractivity contribution >= 4 is 59.1 Å². The summed E-state index contributed by atoms with van der Waals surface area (Å²) in [7, 11) is -8.04. The molecule has 0 atom stereocenters. The van der Waals surface area contributed by atoms with Gasteiger partial charge >= 0.3 is 0 Å². The molecule has 11 nitrogen and oxygen atoms in total. The fourth-order valence-electron chi connectivity index (χ4n) is 5.77. The Bertz CT molecular complexity index is 2630. The van der Waals surface area contributed by atoms with E-state index < -0.39 is 25.1 Å². The second-order valence-corrected chi connectivity index (χ2v) is 13.6. The van der Waals surface area contributed by atoms with Crippen molar-refractivity contribution in [1.29, 1.82) is 0 Å². The SMILES string of the molecule is COc1ccccc1N=c1cc2n(-c3ccccc3)c3cc(Nc4ccccc4)c4c(S(=O)(=O)O)cccc4c3nc-2cc1S(=O)(=O)O. The van der Waals surface area contributed by atoms with Crippen molar-refractivity contribution in [1.82, 2.24) is 9.55 Å². The third-order valence-electron chi connectivity index (χ3n) is 7.79. The molecule has 240 valence electrons. The van der Waals surface area contributed by atoms with Gasteiger partial charge in [0.25, 0.3) is 20.2 Å². The lowest BCUT2D eigenvalue weighted by Crippen LogP contribution is -2.18. The fourth-order valence-corrected chi connectivity index (χ4v) is 7.12. The zero-order chi connectivity index (χ0) is 33.6. The van der Waals surface area contributed by atoms with Gasteiger partial charge in [-0.15, -0.1) is 0 Å². The minimum absolute atomic E-state index is 0.0579. The fraction of sp³-hybridized carbons (Fsp3) is 0.0286. The monoisotopic (exact) mass is 678 g/mol. The van der Waals surface area contributed by atoms with Crippen LogP contribution in [0.25, 0.3) is 38.9 Å². The average Bonchev–Trinajstić information content (AvgIpc) is 3.07. The maximum atomic E-state index is 12.8. The molecule has 1 heterocycles. The van der Waals surface area contributed by atoms with E-state index in [0.29, 0.717) is 50.6 Å². The molecule has 7 rings (SSSR count). The van der Waals surface area contributed by atoms with Crippen LogP contribution in [0.3, 0.4) is 0 Å². The number of nitrogens with zero attached hydrogens (tertiary/aromatic N) is 3. The minimum Gasteiger partial charge on any atom is -0.494 e. The number of anilines is 2. The van der Waals surface area contributed by atoms with E-state index in [1.807, 2.05) is 65.2 Å². The Morgan fingerprint density at radius 1 is 0.750 bits per heavy atom. The molecular weight excluding hydrogens is 653 g/mol. The van der Waals surface area contributed by atoms with Crippen LogP contribution in [0, 0.1) is 0 Å². The Labute approximate surface area is 275 Å². The van der Waals surface area contributed by atoms with Gasteiger partial charge in [0.1, 0.15) is 21.2 Å². The average molecular weight is 679 g/mol. The Hall–Kier alpha value is -5.60. The smallest absolute Gasteiger partial charge is 0.296 e. The predicted octanol–water partition coefficient (Wildman–Crippen LogP) is 6.76. The zero-order valence-electron chi connectivity index (χ0n) is 25.1. The number of nitrogens with one attached hydrogen (secondary N) is 1. The van der Waals surface area contributed by atoms with Crippen molar-refractivity contribution < 1.29 is 30.7 Å². The summed E-state index contributed by atoms with van der Waals surface area (Å²) < 4.78 is 78.8. The van der Waals surface area contributed by atoms with Crippen LogP contribution in [0.2, 0.25) is 0 Å². The summed E-state index contributed by atoms with van der Waals surface area (Å²) in [4.78, 5) is 8.62. The molecule has 2 aliphatic rings. The molecule has 5 aromatic rings. The summed E-state index contributed by atoms with van der Waals surface area (Å²) in [5, 5.41) is 3.79.